The van der Waals surface area contributed by atoms with Gasteiger partial charge in [0.05, 0.1) is 7.11 Å². The van der Waals surface area contributed by atoms with E-state index in [2.05, 4.69) is 15.5 Å². The lowest BCUT2D eigenvalue weighted by Crippen LogP contribution is -2.22. The molecule has 0 fully saturated rings. The second-order valence-electron chi connectivity index (χ2n) is 4.52. The van der Waals surface area contributed by atoms with Crippen molar-refractivity contribution >= 4 is 0 Å². The molecule has 6 heteroatoms. The maximum Gasteiger partial charge on any atom is 0.227 e. The van der Waals surface area contributed by atoms with Gasteiger partial charge >= 0.3 is 0 Å². The van der Waals surface area contributed by atoms with Gasteiger partial charge in [0.1, 0.15) is 11.6 Å². The molecule has 0 aliphatic rings. The smallest absolute Gasteiger partial charge is 0.227 e. The van der Waals surface area contributed by atoms with Crippen molar-refractivity contribution in [1.29, 1.82) is 0 Å². The van der Waals surface area contributed by atoms with E-state index in [0.717, 1.165) is 0 Å². The fourth-order valence-electron chi connectivity index (χ4n) is 2.05. The lowest BCUT2D eigenvalue weighted by atomic mass is 10.1. The van der Waals surface area contributed by atoms with E-state index in [-0.39, 0.29) is 11.9 Å². The van der Waals surface area contributed by atoms with Crippen LogP contribution in [0.15, 0.2) is 22.7 Å². The largest absolute Gasteiger partial charge is 0.496 e. The summed E-state index contributed by atoms with van der Waals surface area (Å²) in [7, 11) is 1.53. The summed E-state index contributed by atoms with van der Waals surface area (Å²) in [6.07, 6.45) is 0.599. The van der Waals surface area contributed by atoms with Crippen LogP contribution in [0.1, 0.15) is 30.2 Å². The van der Waals surface area contributed by atoms with Crippen molar-refractivity contribution in [3.05, 3.63) is 41.3 Å². The predicted molar refractivity (Wildman–Crippen MR) is 72.1 cm³/mol. The van der Waals surface area contributed by atoms with Crippen LogP contribution in [-0.2, 0) is 6.42 Å². The number of hydrogen-bond donors (Lipinski definition) is 1. The van der Waals surface area contributed by atoms with Crippen molar-refractivity contribution in [2.45, 2.75) is 26.3 Å². The number of nitrogens with one attached hydrogen (secondary N) is 1. The van der Waals surface area contributed by atoms with Crippen LogP contribution >= 0.6 is 0 Å². The first kappa shape index (κ1) is 14.5. The molecule has 0 amide bonds. The molecule has 20 heavy (non-hydrogen) atoms. The van der Waals surface area contributed by atoms with E-state index in [4.69, 9.17) is 9.26 Å². The fourth-order valence-corrected chi connectivity index (χ4v) is 2.05. The Morgan fingerprint density at radius 2 is 2.25 bits per heavy atom. The van der Waals surface area contributed by atoms with Crippen molar-refractivity contribution in [2.75, 3.05) is 13.7 Å². The highest BCUT2D eigenvalue weighted by Gasteiger charge is 2.16. The Morgan fingerprint density at radius 1 is 1.45 bits per heavy atom. The average molecular weight is 279 g/mol. The summed E-state index contributed by atoms with van der Waals surface area (Å²) < 4.78 is 24.1. The molecule has 2 aromatic rings. The minimum absolute atomic E-state index is 0.171. The highest BCUT2D eigenvalue weighted by molar-refractivity contribution is 5.36. The number of methoxy groups -OCH3 is 1. The zero-order valence-electron chi connectivity index (χ0n) is 11.8. The summed E-state index contributed by atoms with van der Waals surface area (Å²) >= 11 is 0. The molecule has 0 spiro atoms. The molecule has 1 aromatic carbocycles. The van der Waals surface area contributed by atoms with E-state index in [1.807, 2.05) is 6.92 Å². The topological polar surface area (TPSA) is 60.2 Å². The summed E-state index contributed by atoms with van der Waals surface area (Å²) in [5.41, 5.74) is 0.525. The number of hydrogen-bond acceptors (Lipinski definition) is 5. The Morgan fingerprint density at radius 3 is 2.90 bits per heavy atom. The van der Waals surface area contributed by atoms with Gasteiger partial charge in [0, 0.05) is 24.6 Å². The normalized spacial score (nSPS) is 12.4. The quantitative estimate of drug-likeness (QED) is 0.880. The van der Waals surface area contributed by atoms with Crippen molar-refractivity contribution in [1.82, 2.24) is 15.5 Å². The van der Waals surface area contributed by atoms with E-state index < -0.39 is 0 Å². The van der Waals surface area contributed by atoms with E-state index in [1.165, 1.54) is 13.2 Å². The van der Waals surface area contributed by atoms with Crippen molar-refractivity contribution in [2.24, 2.45) is 0 Å². The van der Waals surface area contributed by atoms with Gasteiger partial charge in [-0.15, -0.1) is 0 Å². The first-order valence-electron chi connectivity index (χ1n) is 6.46. The van der Waals surface area contributed by atoms with Gasteiger partial charge in [-0.25, -0.2) is 4.39 Å². The molecule has 1 unspecified atom stereocenters. The molecule has 1 aromatic heterocycles. The van der Waals surface area contributed by atoms with Gasteiger partial charge in [0.2, 0.25) is 5.89 Å². The van der Waals surface area contributed by atoms with Gasteiger partial charge in [-0.3, -0.25) is 0 Å². The monoisotopic (exact) mass is 279 g/mol. The lowest BCUT2D eigenvalue weighted by molar-refractivity contribution is 0.367. The van der Waals surface area contributed by atoms with Gasteiger partial charge in [0.25, 0.3) is 0 Å². The zero-order valence-corrected chi connectivity index (χ0v) is 11.8. The number of nitrogens with zero attached hydrogens (tertiary/aromatic N) is 2. The van der Waals surface area contributed by atoms with Crippen LogP contribution in [0.25, 0.3) is 0 Å². The molecule has 1 heterocycles. The van der Waals surface area contributed by atoms with Crippen LogP contribution in [0.3, 0.4) is 0 Å². The highest BCUT2D eigenvalue weighted by atomic mass is 19.1. The lowest BCUT2D eigenvalue weighted by Gasteiger charge is -2.17. The summed E-state index contributed by atoms with van der Waals surface area (Å²) in [4.78, 5) is 4.12. The molecule has 0 saturated carbocycles. The zero-order chi connectivity index (χ0) is 14.5. The first-order valence-corrected chi connectivity index (χ1v) is 6.46. The van der Waals surface area contributed by atoms with Crippen LogP contribution in [0.2, 0.25) is 0 Å². The van der Waals surface area contributed by atoms with Crippen LogP contribution in [0, 0.1) is 12.7 Å². The second-order valence-corrected chi connectivity index (χ2v) is 4.52. The summed E-state index contributed by atoms with van der Waals surface area (Å²) in [6, 6.07) is 4.64. The van der Waals surface area contributed by atoms with Gasteiger partial charge in [-0.1, -0.05) is 11.2 Å². The number of rotatable bonds is 6. The molecule has 0 saturated heterocycles. The number of benzene rings is 1. The van der Waals surface area contributed by atoms with Gasteiger partial charge in [-0.2, -0.15) is 4.98 Å². The third kappa shape index (κ3) is 3.33. The molecule has 2 rings (SSSR count). The van der Waals surface area contributed by atoms with E-state index >= 15 is 0 Å². The van der Waals surface area contributed by atoms with Crippen LogP contribution in [0.4, 0.5) is 4.39 Å². The number of aromatic nitrogens is 2. The molecule has 108 valence electrons. The van der Waals surface area contributed by atoms with Crippen molar-refractivity contribution in [3.63, 3.8) is 0 Å². The molecular formula is C14H18FN3O2. The van der Waals surface area contributed by atoms with Crippen molar-refractivity contribution in [3.8, 4) is 5.75 Å². The Hall–Kier alpha value is -1.95. The molecule has 0 radical (unpaired) electrons. The van der Waals surface area contributed by atoms with Gasteiger partial charge < -0.3 is 14.6 Å². The van der Waals surface area contributed by atoms with E-state index in [1.54, 1.807) is 19.1 Å². The molecule has 0 bridgehead atoms. The number of ether oxygens (including phenoxy) is 1. The summed E-state index contributed by atoms with van der Waals surface area (Å²) in [5.74, 6) is 1.45. The number of halogens is 1. The molecule has 5 nitrogen and oxygen atoms in total. The van der Waals surface area contributed by atoms with Crippen molar-refractivity contribution < 1.29 is 13.7 Å². The van der Waals surface area contributed by atoms with Gasteiger partial charge in [0.15, 0.2) is 5.82 Å². The summed E-state index contributed by atoms with van der Waals surface area (Å²) in [5, 5.41) is 6.94. The number of aryl methyl sites for hydroxylation is 1. The minimum Gasteiger partial charge on any atom is -0.496 e. The van der Waals surface area contributed by atoms with Crippen LogP contribution in [0.5, 0.6) is 5.75 Å². The molecule has 0 aliphatic heterocycles. The Kier molecular flexibility index (Phi) is 4.68. The van der Waals surface area contributed by atoms with Gasteiger partial charge in [-0.05, 0) is 26.0 Å². The molecule has 1 N–H and O–H groups in total. The Labute approximate surface area is 117 Å². The Balaban J connectivity index is 1.96. The summed E-state index contributed by atoms with van der Waals surface area (Å²) in [6.45, 7) is 4.27. The average Bonchev–Trinajstić information content (AvgIpc) is 2.83. The maximum atomic E-state index is 13.9. The maximum absolute atomic E-state index is 13.9. The standard InChI is InChI=1S/C14H18FN3O2/c1-9(14-11(15)5-4-6-12(14)19-3)16-8-7-13-17-10(2)18-20-13/h4-6,9,16H,7-8H2,1-3H3. The molecule has 0 aliphatic carbocycles. The second kappa shape index (κ2) is 6.47. The minimum atomic E-state index is -0.280. The first-order chi connectivity index (χ1) is 9.61. The fraction of sp³-hybridized carbons (Fsp3) is 0.429. The predicted octanol–water partition coefficient (Wildman–Crippen LogP) is 2.42. The van der Waals surface area contributed by atoms with Crippen LogP contribution in [-0.4, -0.2) is 23.8 Å². The van der Waals surface area contributed by atoms with E-state index in [0.29, 0.717) is 36.0 Å². The molecular weight excluding hydrogens is 261 g/mol. The third-order valence-electron chi connectivity index (χ3n) is 3.02. The van der Waals surface area contributed by atoms with E-state index in [9.17, 15) is 4.39 Å². The molecule has 1 atom stereocenters. The SMILES string of the molecule is COc1cccc(F)c1C(C)NCCc1nc(C)no1. The Bertz CT molecular complexity index is 571. The van der Waals surface area contributed by atoms with Crippen LogP contribution < -0.4 is 10.1 Å². The highest BCUT2D eigenvalue weighted by Crippen LogP contribution is 2.27. The third-order valence-corrected chi connectivity index (χ3v) is 3.02.